The number of carbonyl (C=O) groups is 2. The van der Waals surface area contributed by atoms with E-state index in [4.69, 9.17) is 19.3 Å². The molecule has 7 heteroatoms. The highest BCUT2D eigenvalue weighted by Crippen LogP contribution is 2.37. The van der Waals surface area contributed by atoms with Gasteiger partial charge in [-0.1, -0.05) is 0 Å². The van der Waals surface area contributed by atoms with Gasteiger partial charge in [-0.05, 0) is 24.4 Å². The van der Waals surface area contributed by atoms with E-state index in [0.29, 0.717) is 36.0 Å². The van der Waals surface area contributed by atoms with Gasteiger partial charge in [0, 0.05) is 30.2 Å². The van der Waals surface area contributed by atoms with Crippen LogP contribution in [-0.2, 0) is 9.53 Å². The smallest absolute Gasteiger partial charge is 0.306 e. The third-order valence-electron chi connectivity index (χ3n) is 3.50. The molecule has 0 unspecified atom stereocenters. The van der Waals surface area contributed by atoms with Crippen molar-refractivity contribution < 1.29 is 28.9 Å². The number of thiophene rings is 1. The predicted octanol–water partition coefficient (Wildman–Crippen LogP) is 3.20. The van der Waals surface area contributed by atoms with Crippen molar-refractivity contribution in [1.29, 1.82) is 0 Å². The van der Waals surface area contributed by atoms with Crippen LogP contribution in [0.25, 0.3) is 10.1 Å². The summed E-state index contributed by atoms with van der Waals surface area (Å²) in [6, 6.07) is 5.45. The van der Waals surface area contributed by atoms with Crippen molar-refractivity contribution in [2.75, 3.05) is 26.9 Å². The summed E-state index contributed by atoms with van der Waals surface area (Å²) >= 11 is 1.36. The lowest BCUT2D eigenvalue weighted by Crippen LogP contribution is -2.07. The first-order valence-electron chi connectivity index (χ1n) is 8.13. The Morgan fingerprint density at radius 2 is 1.96 bits per heavy atom. The average molecular weight is 366 g/mol. The molecule has 0 fully saturated rings. The highest BCUT2D eigenvalue weighted by Gasteiger charge is 2.15. The van der Waals surface area contributed by atoms with Crippen LogP contribution in [0.4, 0.5) is 0 Å². The van der Waals surface area contributed by atoms with Gasteiger partial charge in [0.05, 0.1) is 31.6 Å². The van der Waals surface area contributed by atoms with E-state index in [1.807, 2.05) is 12.1 Å². The van der Waals surface area contributed by atoms with Gasteiger partial charge in [0.25, 0.3) is 0 Å². The van der Waals surface area contributed by atoms with E-state index in [0.717, 1.165) is 10.1 Å². The lowest BCUT2D eigenvalue weighted by Gasteiger charge is -2.10. The van der Waals surface area contributed by atoms with Crippen LogP contribution in [0.5, 0.6) is 11.5 Å². The van der Waals surface area contributed by atoms with Crippen LogP contribution in [0.3, 0.4) is 0 Å². The number of methoxy groups -OCH3 is 1. The van der Waals surface area contributed by atoms with Gasteiger partial charge >= 0.3 is 5.97 Å². The van der Waals surface area contributed by atoms with E-state index in [1.54, 1.807) is 20.1 Å². The second-order valence-electron chi connectivity index (χ2n) is 5.31. The first kappa shape index (κ1) is 19.2. The summed E-state index contributed by atoms with van der Waals surface area (Å²) < 4.78 is 16.7. The van der Waals surface area contributed by atoms with Crippen molar-refractivity contribution in [3.8, 4) is 11.5 Å². The number of ketones is 1. The largest absolute Gasteiger partial charge is 0.493 e. The van der Waals surface area contributed by atoms with Gasteiger partial charge in [0.1, 0.15) is 0 Å². The standard InChI is InChI=1S/C18H22O6S/c1-3-23-18(21)6-5-13(20)17-10-12-9-14(22-2)15(11-16(12)25-17)24-8-4-7-19/h9-11,19H,3-8H2,1-2H3. The Kier molecular flexibility index (Phi) is 7.21. The number of esters is 1. The zero-order valence-electron chi connectivity index (χ0n) is 14.4. The normalized spacial score (nSPS) is 10.7. The molecule has 0 amide bonds. The van der Waals surface area contributed by atoms with Gasteiger partial charge in [-0.15, -0.1) is 11.3 Å². The summed E-state index contributed by atoms with van der Waals surface area (Å²) in [7, 11) is 1.55. The van der Waals surface area contributed by atoms with Crippen molar-refractivity contribution in [3.05, 3.63) is 23.1 Å². The SMILES string of the molecule is CCOC(=O)CCC(=O)c1cc2cc(OC)c(OCCCO)cc2s1. The molecule has 1 heterocycles. The molecule has 0 spiro atoms. The zero-order chi connectivity index (χ0) is 18.2. The molecule has 0 saturated heterocycles. The van der Waals surface area contributed by atoms with Crippen LogP contribution in [-0.4, -0.2) is 43.8 Å². The van der Waals surface area contributed by atoms with Gasteiger partial charge in [-0.2, -0.15) is 0 Å². The van der Waals surface area contributed by atoms with Crippen LogP contribution in [0.2, 0.25) is 0 Å². The molecule has 1 N–H and O–H groups in total. The van der Waals surface area contributed by atoms with E-state index < -0.39 is 0 Å². The molecule has 2 rings (SSSR count). The van der Waals surface area contributed by atoms with Crippen molar-refractivity contribution in [2.45, 2.75) is 26.2 Å². The fraction of sp³-hybridized carbons (Fsp3) is 0.444. The molecule has 0 aliphatic carbocycles. The minimum Gasteiger partial charge on any atom is -0.493 e. The number of aliphatic hydroxyl groups is 1. The highest BCUT2D eigenvalue weighted by molar-refractivity contribution is 7.20. The number of aliphatic hydroxyl groups excluding tert-OH is 1. The Balaban J connectivity index is 2.14. The maximum atomic E-state index is 12.3. The number of hydrogen-bond acceptors (Lipinski definition) is 7. The van der Waals surface area contributed by atoms with Gasteiger partial charge in [-0.25, -0.2) is 0 Å². The van der Waals surface area contributed by atoms with Crippen LogP contribution in [0.15, 0.2) is 18.2 Å². The summed E-state index contributed by atoms with van der Waals surface area (Å²) in [6.45, 7) is 2.49. The fourth-order valence-corrected chi connectivity index (χ4v) is 3.32. The van der Waals surface area contributed by atoms with E-state index >= 15 is 0 Å². The summed E-state index contributed by atoms with van der Waals surface area (Å²) in [5.41, 5.74) is 0. The van der Waals surface area contributed by atoms with E-state index in [2.05, 4.69) is 0 Å². The maximum Gasteiger partial charge on any atom is 0.306 e. The van der Waals surface area contributed by atoms with Gasteiger partial charge in [0.15, 0.2) is 17.3 Å². The summed E-state index contributed by atoms with van der Waals surface area (Å²) in [4.78, 5) is 24.3. The van der Waals surface area contributed by atoms with Crippen LogP contribution in [0.1, 0.15) is 35.9 Å². The molecule has 6 nitrogen and oxygen atoms in total. The number of ether oxygens (including phenoxy) is 3. The van der Waals surface area contributed by atoms with Crippen molar-refractivity contribution in [3.63, 3.8) is 0 Å². The van der Waals surface area contributed by atoms with Gasteiger partial charge < -0.3 is 19.3 Å². The van der Waals surface area contributed by atoms with Crippen LogP contribution in [0, 0.1) is 0 Å². The summed E-state index contributed by atoms with van der Waals surface area (Å²) in [5, 5.41) is 9.74. The van der Waals surface area contributed by atoms with Gasteiger partial charge in [-0.3, -0.25) is 9.59 Å². The molecule has 1 aromatic heterocycles. The van der Waals surface area contributed by atoms with Crippen molar-refractivity contribution >= 4 is 33.2 Å². The Bertz CT molecular complexity index is 736. The quantitative estimate of drug-likeness (QED) is 0.395. The van der Waals surface area contributed by atoms with Crippen LogP contribution < -0.4 is 9.47 Å². The number of rotatable bonds is 10. The number of benzene rings is 1. The molecule has 0 aliphatic heterocycles. The molecular weight excluding hydrogens is 344 g/mol. The first-order valence-corrected chi connectivity index (χ1v) is 8.94. The third-order valence-corrected chi connectivity index (χ3v) is 4.64. The second kappa shape index (κ2) is 9.39. The Morgan fingerprint density at radius 3 is 2.64 bits per heavy atom. The molecule has 0 radical (unpaired) electrons. The van der Waals surface area contributed by atoms with Crippen molar-refractivity contribution in [2.24, 2.45) is 0 Å². The maximum absolute atomic E-state index is 12.3. The molecule has 0 aliphatic rings. The highest BCUT2D eigenvalue weighted by atomic mass is 32.1. The Hall–Kier alpha value is -2.12. The molecule has 25 heavy (non-hydrogen) atoms. The molecule has 136 valence electrons. The number of carbonyl (C=O) groups excluding carboxylic acids is 2. The lowest BCUT2D eigenvalue weighted by atomic mass is 10.1. The minimum atomic E-state index is -0.363. The first-order chi connectivity index (χ1) is 12.1. The number of fused-ring (bicyclic) bond motifs is 1. The average Bonchev–Trinajstić information content (AvgIpc) is 3.02. The minimum absolute atomic E-state index is 0.0582. The molecule has 0 bridgehead atoms. The molecule has 2 aromatic rings. The molecule has 0 saturated carbocycles. The third kappa shape index (κ3) is 5.17. The molecule has 1 aromatic carbocycles. The molecule has 0 atom stereocenters. The Labute approximate surface area is 150 Å². The summed E-state index contributed by atoms with van der Waals surface area (Å²) in [5.74, 6) is 0.707. The molecular formula is C18H22O6S. The second-order valence-corrected chi connectivity index (χ2v) is 6.39. The summed E-state index contributed by atoms with van der Waals surface area (Å²) in [6.07, 6.45) is 0.742. The predicted molar refractivity (Wildman–Crippen MR) is 95.8 cm³/mol. The van der Waals surface area contributed by atoms with E-state index in [9.17, 15) is 9.59 Å². The van der Waals surface area contributed by atoms with Crippen LogP contribution >= 0.6 is 11.3 Å². The monoisotopic (exact) mass is 366 g/mol. The van der Waals surface area contributed by atoms with E-state index in [-0.39, 0.29) is 31.2 Å². The van der Waals surface area contributed by atoms with Crippen molar-refractivity contribution in [1.82, 2.24) is 0 Å². The number of hydrogen-bond donors (Lipinski definition) is 1. The lowest BCUT2D eigenvalue weighted by molar-refractivity contribution is -0.143. The topological polar surface area (TPSA) is 82.1 Å². The van der Waals surface area contributed by atoms with Gasteiger partial charge in [0.2, 0.25) is 0 Å². The van der Waals surface area contributed by atoms with E-state index in [1.165, 1.54) is 11.3 Å². The zero-order valence-corrected chi connectivity index (χ0v) is 15.2. The number of Topliss-reactive ketones (excluding diaryl/α,β-unsaturated/α-hetero) is 1. The fourth-order valence-electron chi connectivity index (χ4n) is 2.28. The Morgan fingerprint density at radius 1 is 1.16 bits per heavy atom.